The van der Waals surface area contributed by atoms with Gasteiger partial charge < -0.3 is 15.2 Å². The number of rotatable bonds is 3. The van der Waals surface area contributed by atoms with E-state index in [2.05, 4.69) is 10.1 Å². The molecule has 17 heavy (non-hydrogen) atoms. The third-order valence-corrected chi connectivity index (χ3v) is 2.05. The Morgan fingerprint density at radius 1 is 1.35 bits per heavy atom. The number of benzene rings is 1. The molecule has 0 spiro atoms. The first kappa shape index (κ1) is 13.4. The fourth-order valence-electron chi connectivity index (χ4n) is 1.06. The lowest BCUT2D eigenvalue weighted by Crippen LogP contribution is -2.36. The van der Waals surface area contributed by atoms with Gasteiger partial charge in [0.05, 0.1) is 12.8 Å². The van der Waals surface area contributed by atoms with Gasteiger partial charge in [0.1, 0.15) is 5.60 Å². The number of anilines is 1. The Kier molecular flexibility index (Phi) is 3.67. The molecule has 1 aromatic rings. The molecule has 0 aliphatic heterocycles. The van der Waals surface area contributed by atoms with E-state index in [0.29, 0.717) is 0 Å². The third kappa shape index (κ3) is 3.13. The number of amides is 1. The molecule has 4 nitrogen and oxygen atoms in total. The zero-order valence-corrected chi connectivity index (χ0v) is 9.67. The molecule has 0 heterocycles. The zero-order chi connectivity index (χ0) is 13.2. The minimum atomic E-state index is -1.68. The summed E-state index contributed by atoms with van der Waals surface area (Å²) in [5, 5.41) is 11.4. The molecule has 0 aliphatic rings. The summed E-state index contributed by atoms with van der Waals surface area (Å²) in [6, 6.07) is 1.60. The van der Waals surface area contributed by atoms with Crippen LogP contribution in [0.2, 0.25) is 0 Å². The van der Waals surface area contributed by atoms with Gasteiger partial charge in [0.15, 0.2) is 17.4 Å². The highest BCUT2D eigenvalue weighted by molar-refractivity contribution is 5.96. The van der Waals surface area contributed by atoms with Crippen LogP contribution < -0.4 is 10.1 Å². The van der Waals surface area contributed by atoms with Crippen molar-refractivity contribution in [2.45, 2.75) is 19.4 Å². The summed E-state index contributed by atoms with van der Waals surface area (Å²) in [7, 11) is 1.20. The number of carbonyl (C=O) groups is 1. The van der Waals surface area contributed by atoms with Crippen LogP contribution in [0.3, 0.4) is 0 Å². The second kappa shape index (κ2) is 4.67. The molecular weight excluding hydrogens is 232 g/mol. The van der Waals surface area contributed by atoms with Crippen LogP contribution in [0.25, 0.3) is 0 Å². The molecule has 1 aromatic carbocycles. The summed E-state index contributed by atoms with van der Waals surface area (Å²) in [5.74, 6) is -2.74. The quantitative estimate of drug-likeness (QED) is 0.851. The molecule has 6 heteroatoms. The maximum atomic E-state index is 13.4. The second-order valence-electron chi connectivity index (χ2n) is 3.98. The van der Waals surface area contributed by atoms with Crippen molar-refractivity contribution in [3.63, 3.8) is 0 Å². The summed E-state index contributed by atoms with van der Waals surface area (Å²) in [6.45, 7) is 2.47. The molecule has 0 unspecified atom stereocenters. The van der Waals surface area contributed by atoms with Gasteiger partial charge in [-0.2, -0.15) is 0 Å². The van der Waals surface area contributed by atoms with E-state index in [1.807, 2.05) is 0 Å². The van der Waals surface area contributed by atoms with Gasteiger partial charge in [-0.25, -0.2) is 8.78 Å². The van der Waals surface area contributed by atoms with Gasteiger partial charge in [0, 0.05) is 12.1 Å². The SMILES string of the molecule is COc1cc(F)c(NC(=O)C(C)(C)O)cc1F. The molecule has 94 valence electrons. The van der Waals surface area contributed by atoms with Crippen LogP contribution in [-0.2, 0) is 4.79 Å². The van der Waals surface area contributed by atoms with Gasteiger partial charge in [-0.1, -0.05) is 0 Å². The molecule has 0 aromatic heterocycles. The molecule has 0 saturated carbocycles. The number of hydrogen-bond acceptors (Lipinski definition) is 3. The van der Waals surface area contributed by atoms with Crippen LogP contribution in [0.1, 0.15) is 13.8 Å². The largest absolute Gasteiger partial charge is 0.494 e. The molecule has 2 N–H and O–H groups in total. The monoisotopic (exact) mass is 245 g/mol. The fourth-order valence-corrected chi connectivity index (χ4v) is 1.06. The van der Waals surface area contributed by atoms with Crippen LogP contribution in [0.15, 0.2) is 12.1 Å². The Morgan fingerprint density at radius 3 is 2.41 bits per heavy atom. The highest BCUT2D eigenvalue weighted by Crippen LogP contribution is 2.25. The molecule has 0 fully saturated rings. The highest BCUT2D eigenvalue weighted by atomic mass is 19.1. The van der Waals surface area contributed by atoms with Crippen molar-refractivity contribution in [1.29, 1.82) is 0 Å². The topological polar surface area (TPSA) is 58.6 Å². The van der Waals surface area contributed by atoms with Crippen molar-refractivity contribution < 1.29 is 23.4 Å². The lowest BCUT2D eigenvalue weighted by molar-refractivity contribution is -0.130. The summed E-state index contributed by atoms with van der Waals surface area (Å²) in [5.41, 5.74) is -2.03. The number of ether oxygens (including phenoxy) is 1. The van der Waals surface area contributed by atoms with Crippen molar-refractivity contribution in [3.8, 4) is 5.75 Å². The molecular formula is C11H13F2NO3. The van der Waals surface area contributed by atoms with Crippen LogP contribution >= 0.6 is 0 Å². The highest BCUT2D eigenvalue weighted by Gasteiger charge is 2.25. The Morgan fingerprint density at radius 2 is 1.94 bits per heavy atom. The van der Waals surface area contributed by atoms with Crippen LogP contribution in [0.4, 0.5) is 14.5 Å². The van der Waals surface area contributed by atoms with Crippen LogP contribution in [-0.4, -0.2) is 23.7 Å². The average Bonchev–Trinajstić information content (AvgIpc) is 2.21. The Bertz CT molecular complexity index is 441. The summed E-state index contributed by atoms with van der Waals surface area (Å²) < 4.78 is 31.3. The number of nitrogens with one attached hydrogen (secondary N) is 1. The smallest absolute Gasteiger partial charge is 0.255 e. The summed E-state index contributed by atoms with van der Waals surface area (Å²) in [6.07, 6.45) is 0. The molecule has 0 atom stereocenters. The van der Waals surface area contributed by atoms with E-state index in [1.54, 1.807) is 0 Å². The van der Waals surface area contributed by atoms with Crippen LogP contribution in [0.5, 0.6) is 5.75 Å². The van der Waals surface area contributed by atoms with Crippen molar-refractivity contribution in [2.75, 3.05) is 12.4 Å². The average molecular weight is 245 g/mol. The van der Waals surface area contributed by atoms with Crippen LogP contribution in [0, 0.1) is 11.6 Å². The predicted molar refractivity (Wildman–Crippen MR) is 57.8 cm³/mol. The number of hydrogen-bond donors (Lipinski definition) is 2. The fraction of sp³-hybridized carbons (Fsp3) is 0.364. The maximum Gasteiger partial charge on any atom is 0.255 e. The zero-order valence-electron chi connectivity index (χ0n) is 9.67. The molecule has 1 rings (SSSR count). The van der Waals surface area contributed by atoms with Crippen molar-refractivity contribution in [3.05, 3.63) is 23.8 Å². The van der Waals surface area contributed by atoms with E-state index in [4.69, 9.17) is 0 Å². The molecule has 1 amide bonds. The summed E-state index contributed by atoms with van der Waals surface area (Å²) >= 11 is 0. The van der Waals surface area contributed by atoms with E-state index in [9.17, 15) is 18.7 Å². The van der Waals surface area contributed by atoms with Gasteiger partial charge in [-0.15, -0.1) is 0 Å². The maximum absolute atomic E-state index is 13.4. The lowest BCUT2D eigenvalue weighted by atomic mass is 10.1. The Hall–Kier alpha value is -1.69. The van der Waals surface area contributed by atoms with Gasteiger partial charge in [-0.05, 0) is 13.8 Å². The molecule has 0 saturated heterocycles. The van der Waals surface area contributed by atoms with Crippen molar-refractivity contribution in [1.82, 2.24) is 0 Å². The number of carbonyl (C=O) groups excluding carboxylic acids is 1. The second-order valence-corrected chi connectivity index (χ2v) is 3.98. The van der Waals surface area contributed by atoms with E-state index < -0.39 is 23.1 Å². The minimum absolute atomic E-state index is 0.260. The predicted octanol–water partition coefficient (Wildman–Crippen LogP) is 1.68. The van der Waals surface area contributed by atoms with Gasteiger partial charge in [0.2, 0.25) is 0 Å². The molecule has 0 aliphatic carbocycles. The van der Waals surface area contributed by atoms with E-state index in [0.717, 1.165) is 12.1 Å². The van der Waals surface area contributed by atoms with Gasteiger partial charge in [0.25, 0.3) is 5.91 Å². The first-order valence-corrected chi connectivity index (χ1v) is 4.82. The lowest BCUT2D eigenvalue weighted by Gasteiger charge is -2.17. The third-order valence-electron chi connectivity index (χ3n) is 2.05. The molecule has 0 bridgehead atoms. The standard InChI is InChI=1S/C11H13F2NO3/c1-11(2,16)10(15)14-8-4-7(13)9(17-3)5-6(8)12/h4-5,16H,1-3H3,(H,14,15). The number of methoxy groups -OCH3 is 1. The van der Waals surface area contributed by atoms with Gasteiger partial charge in [-0.3, -0.25) is 4.79 Å². The summed E-state index contributed by atoms with van der Waals surface area (Å²) in [4.78, 5) is 11.4. The van der Waals surface area contributed by atoms with E-state index in [-0.39, 0.29) is 11.4 Å². The minimum Gasteiger partial charge on any atom is -0.494 e. The van der Waals surface area contributed by atoms with E-state index >= 15 is 0 Å². The Labute approximate surface area is 97.2 Å². The van der Waals surface area contributed by atoms with Crippen molar-refractivity contribution >= 4 is 11.6 Å². The van der Waals surface area contributed by atoms with Gasteiger partial charge >= 0.3 is 0 Å². The Balaban J connectivity index is 3.01. The first-order valence-electron chi connectivity index (χ1n) is 4.82. The number of aliphatic hydroxyl groups is 1. The normalized spacial score (nSPS) is 11.2. The first-order chi connectivity index (χ1) is 7.75. The van der Waals surface area contributed by atoms with Crippen molar-refractivity contribution in [2.24, 2.45) is 0 Å². The van der Waals surface area contributed by atoms with E-state index in [1.165, 1.54) is 21.0 Å². The molecule has 0 radical (unpaired) electrons. The number of halogens is 2.